The van der Waals surface area contributed by atoms with Crippen LogP contribution >= 0.6 is 0 Å². The summed E-state index contributed by atoms with van der Waals surface area (Å²) in [6.07, 6.45) is 1.34. The summed E-state index contributed by atoms with van der Waals surface area (Å²) in [7, 11) is 0. The molecule has 0 saturated heterocycles. The van der Waals surface area contributed by atoms with Gasteiger partial charge in [-0.15, -0.1) is 0 Å². The first-order valence-corrected chi connectivity index (χ1v) is 6.37. The van der Waals surface area contributed by atoms with Gasteiger partial charge in [0.05, 0.1) is 5.69 Å². The van der Waals surface area contributed by atoms with Crippen molar-refractivity contribution in [3.63, 3.8) is 0 Å². The zero-order valence-corrected chi connectivity index (χ0v) is 11.0. The van der Waals surface area contributed by atoms with Crippen LogP contribution in [0, 0.1) is 13.8 Å². The van der Waals surface area contributed by atoms with E-state index in [9.17, 15) is 4.79 Å². The van der Waals surface area contributed by atoms with Gasteiger partial charge in [-0.2, -0.15) is 0 Å². The summed E-state index contributed by atoms with van der Waals surface area (Å²) >= 11 is 0. The third-order valence-electron chi connectivity index (χ3n) is 3.26. The smallest absolute Gasteiger partial charge is 0.224 e. The van der Waals surface area contributed by atoms with Crippen LogP contribution in [0.25, 0.3) is 11.3 Å². The number of nitrogens with one attached hydrogen (secondary N) is 1. The number of carbonyl (C=O) groups excluding carboxylic acids is 1. The van der Waals surface area contributed by atoms with Crippen LogP contribution in [0.5, 0.6) is 0 Å². The molecule has 1 aromatic carbocycles. The third kappa shape index (κ3) is 2.34. The van der Waals surface area contributed by atoms with Gasteiger partial charge in [-0.25, -0.2) is 9.97 Å². The van der Waals surface area contributed by atoms with Crippen LogP contribution in [0.4, 0.5) is 5.69 Å². The standard InChI is InChI=1S/C15H15N3O/c1-9-7-14(17-10(2)16-9)12-3-5-13-11(8-12)4-6-15(19)18-13/h3,5,7-8H,4,6H2,1-2H3,(H,18,19). The maximum absolute atomic E-state index is 11.3. The number of carbonyl (C=O) groups is 1. The first-order valence-electron chi connectivity index (χ1n) is 6.37. The fourth-order valence-electron chi connectivity index (χ4n) is 2.41. The van der Waals surface area contributed by atoms with E-state index in [4.69, 9.17) is 0 Å². The predicted octanol–water partition coefficient (Wildman–Crippen LogP) is 2.65. The molecule has 2 heterocycles. The van der Waals surface area contributed by atoms with Gasteiger partial charge in [0.2, 0.25) is 5.91 Å². The topological polar surface area (TPSA) is 54.9 Å². The Morgan fingerprint density at radius 1 is 1.11 bits per heavy atom. The third-order valence-corrected chi connectivity index (χ3v) is 3.26. The molecule has 1 N–H and O–H groups in total. The number of fused-ring (bicyclic) bond motifs is 1. The van der Waals surface area contributed by atoms with Gasteiger partial charge in [-0.05, 0) is 44.0 Å². The zero-order chi connectivity index (χ0) is 13.4. The highest BCUT2D eigenvalue weighted by Crippen LogP contribution is 2.28. The number of nitrogens with zero attached hydrogens (tertiary/aromatic N) is 2. The number of amides is 1. The van der Waals surface area contributed by atoms with Gasteiger partial charge in [-0.1, -0.05) is 6.07 Å². The first kappa shape index (κ1) is 11.8. The maximum Gasteiger partial charge on any atom is 0.224 e. The minimum Gasteiger partial charge on any atom is -0.326 e. The van der Waals surface area contributed by atoms with Crippen molar-refractivity contribution in [1.29, 1.82) is 0 Å². The lowest BCUT2D eigenvalue weighted by Crippen LogP contribution is -2.18. The van der Waals surface area contributed by atoms with E-state index in [1.807, 2.05) is 32.0 Å². The van der Waals surface area contributed by atoms with E-state index >= 15 is 0 Å². The molecule has 1 aromatic heterocycles. The molecule has 0 radical (unpaired) electrons. The molecular formula is C15H15N3O. The number of aryl methyl sites for hydroxylation is 3. The van der Waals surface area contributed by atoms with Crippen molar-refractivity contribution in [3.8, 4) is 11.3 Å². The van der Waals surface area contributed by atoms with Crippen molar-refractivity contribution in [1.82, 2.24) is 9.97 Å². The number of aromatic nitrogens is 2. The minimum atomic E-state index is 0.0916. The van der Waals surface area contributed by atoms with Crippen molar-refractivity contribution < 1.29 is 4.79 Å². The van der Waals surface area contributed by atoms with E-state index in [1.165, 1.54) is 5.56 Å². The summed E-state index contributed by atoms with van der Waals surface area (Å²) in [6.45, 7) is 3.87. The second kappa shape index (κ2) is 4.46. The molecule has 0 bridgehead atoms. The van der Waals surface area contributed by atoms with Gasteiger partial charge >= 0.3 is 0 Å². The highest BCUT2D eigenvalue weighted by atomic mass is 16.1. The fraction of sp³-hybridized carbons (Fsp3) is 0.267. The highest BCUT2D eigenvalue weighted by Gasteiger charge is 2.15. The van der Waals surface area contributed by atoms with Crippen LogP contribution in [0.15, 0.2) is 24.3 Å². The Morgan fingerprint density at radius 2 is 1.95 bits per heavy atom. The minimum absolute atomic E-state index is 0.0916. The van der Waals surface area contributed by atoms with Crippen molar-refractivity contribution in [2.24, 2.45) is 0 Å². The molecule has 1 aliphatic rings. The molecule has 4 nitrogen and oxygen atoms in total. The Balaban J connectivity index is 2.04. The number of anilines is 1. The average molecular weight is 253 g/mol. The fourth-order valence-corrected chi connectivity index (χ4v) is 2.41. The number of rotatable bonds is 1. The molecule has 2 aromatic rings. The zero-order valence-electron chi connectivity index (χ0n) is 11.0. The summed E-state index contributed by atoms with van der Waals surface area (Å²) < 4.78 is 0. The monoisotopic (exact) mass is 253 g/mol. The Morgan fingerprint density at radius 3 is 2.74 bits per heavy atom. The molecule has 0 atom stereocenters. The summed E-state index contributed by atoms with van der Waals surface area (Å²) in [5.41, 5.74) is 5.07. The van der Waals surface area contributed by atoms with Gasteiger partial charge in [0.25, 0.3) is 0 Å². The first-order chi connectivity index (χ1) is 9.11. The summed E-state index contributed by atoms with van der Waals surface area (Å²) in [5, 5.41) is 2.89. The molecule has 96 valence electrons. The molecule has 0 saturated carbocycles. The van der Waals surface area contributed by atoms with Crippen LogP contribution in [-0.4, -0.2) is 15.9 Å². The lowest BCUT2D eigenvalue weighted by molar-refractivity contribution is -0.116. The largest absolute Gasteiger partial charge is 0.326 e. The van der Waals surface area contributed by atoms with Crippen LogP contribution in [0.1, 0.15) is 23.5 Å². The van der Waals surface area contributed by atoms with E-state index in [0.29, 0.717) is 6.42 Å². The average Bonchev–Trinajstić information content (AvgIpc) is 2.37. The highest BCUT2D eigenvalue weighted by molar-refractivity contribution is 5.94. The molecule has 0 fully saturated rings. The van der Waals surface area contributed by atoms with E-state index in [2.05, 4.69) is 21.4 Å². The SMILES string of the molecule is Cc1cc(-c2ccc3c(c2)CCC(=O)N3)nc(C)n1. The van der Waals surface area contributed by atoms with Crippen molar-refractivity contribution in [2.45, 2.75) is 26.7 Å². The molecule has 1 aliphatic heterocycles. The number of hydrogen-bond donors (Lipinski definition) is 1. The molecule has 0 unspecified atom stereocenters. The van der Waals surface area contributed by atoms with Gasteiger partial charge < -0.3 is 5.32 Å². The van der Waals surface area contributed by atoms with E-state index in [1.54, 1.807) is 0 Å². The Bertz CT molecular complexity index is 644. The van der Waals surface area contributed by atoms with Gasteiger partial charge in [-0.3, -0.25) is 4.79 Å². The van der Waals surface area contributed by atoms with Gasteiger partial charge in [0.15, 0.2) is 0 Å². The summed E-state index contributed by atoms with van der Waals surface area (Å²) in [6, 6.07) is 8.03. The van der Waals surface area contributed by atoms with Crippen molar-refractivity contribution in [3.05, 3.63) is 41.3 Å². The van der Waals surface area contributed by atoms with Crippen LogP contribution in [0.2, 0.25) is 0 Å². The van der Waals surface area contributed by atoms with E-state index in [-0.39, 0.29) is 5.91 Å². The molecule has 1 amide bonds. The molecule has 0 spiro atoms. The Kier molecular flexibility index (Phi) is 2.78. The Labute approximate surface area is 111 Å². The van der Waals surface area contributed by atoms with Crippen molar-refractivity contribution in [2.75, 3.05) is 5.32 Å². The molecule has 0 aliphatic carbocycles. The second-order valence-electron chi connectivity index (χ2n) is 4.86. The van der Waals surface area contributed by atoms with Crippen LogP contribution in [-0.2, 0) is 11.2 Å². The Hall–Kier alpha value is -2.23. The lowest BCUT2D eigenvalue weighted by atomic mass is 9.99. The molecule has 19 heavy (non-hydrogen) atoms. The van der Waals surface area contributed by atoms with E-state index in [0.717, 1.165) is 34.9 Å². The van der Waals surface area contributed by atoms with Crippen molar-refractivity contribution >= 4 is 11.6 Å². The normalized spacial score (nSPS) is 13.9. The van der Waals surface area contributed by atoms with Gasteiger partial charge in [0, 0.05) is 23.4 Å². The molecular weight excluding hydrogens is 238 g/mol. The maximum atomic E-state index is 11.3. The summed E-state index contributed by atoms with van der Waals surface area (Å²) in [4.78, 5) is 20.1. The predicted molar refractivity (Wildman–Crippen MR) is 73.9 cm³/mol. The number of benzene rings is 1. The van der Waals surface area contributed by atoms with Crippen LogP contribution < -0.4 is 5.32 Å². The second-order valence-corrected chi connectivity index (χ2v) is 4.86. The van der Waals surface area contributed by atoms with E-state index < -0.39 is 0 Å². The van der Waals surface area contributed by atoms with Gasteiger partial charge in [0.1, 0.15) is 5.82 Å². The molecule has 3 rings (SSSR count). The van der Waals surface area contributed by atoms with Crippen LogP contribution in [0.3, 0.4) is 0 Å². The number of hydrogen-bond acceptors (Lipinski definition) is 3. The quantitative estimate of drug-likeness (QED) is 0.850. The summed E-state index contributed by atoms with van der Waals surface area (Å²) in [5.74, 6) is 0.870. The molecule has 4 heteroatoms. The lowest BCUT2D eigenvalue weighted by Gasteiger charge is -2.17.